The van der Waals surface area contributed by atoms with Gasteiger partial charge in [-0.15, -0.1) is 0 Å². The Morgan fingerprint density at radius 1 is 1.00 bits per heavy atom. The van der Waals surface area contributed by atoms with E-state index in [4.69, 9.17) is 9.84 Å². The first-order chi connectivity index (χ1) is 8.70. The van der Waals surface area contributed by atoms with Crippen LogP contribution in [0.2, 0.25) is 0 Å². The lowest BCUT2D eigenvalue weighted by atomic mass is 10.2. The van der Waals surface area contributed by atoms with Crippen LogP contribution in [-0.4, -0.2) is 5.11 Å². The zero-order chi connectivity index (χ0) is 13.0. The van der Waals surface area contributed by atoms with E-state index in [9.17, 15) is 8.78 Å². The molecule has 2 aromatic rings. The average molecular weight is 250 g/mol. The minimum Gasteiger partial charge on any atom is -0.488 e. The molecule has 1 N–H and O–H groups in total. The molecule has 0 saturated heterocycles. The van der Waals surface area contributed by atoms with E-state index in [2.05, 4.69) is 0 Å². The largest absolute Gasteiger partial charge is 0.488 e. The molecule has 2 rings (SSSR count). The third-order valence-electron chi connectivity index (χ3n) is 2.54. The van der Waals surface area contributed by atoms with E-state index >= 15 is 0 Å². The minimum atomic E-state index is -0.642. The number of rotatable bonds is 4. The van der Waals surface area contributed by atoms with Gasteiger partial charge in [0.1, 0.15) is 24.0 Å². The zero-order valence-electron chi connectivity index (χ0n) is 9.57. The van der Waals surface area contributed by atoms with Crippen molar-refractivity contribution < 1.29 is 18.6 Å². The van der Waals surface area contributed by atoms with Gasteiger partial charge in [-0.25, -0.2) is 8.78 Å². The molecule has 0 aromatic heterocycles. The molecule has 0 saturated carbocycles. The summed E-state index contributed by atoms with van der Waals surface area (Å²) in [6.45, 7) is -0.162. The Kier molecular flexibility index (Phi) is 3.89. The van der Waals surface area contributed by atoms with Crippen molar-refractivity contribution >= 4 is 0 Å². The second kappa shape index (κ2) is 5.60. The highest BCUT2D eigenvalue weighted by Gasteiger charge is 2.06. The van der Waals surface area contributed by atoms with Crippen LogP contribution in [0.1, 0.15) is 11.1 Å². The van der Waals surface area contributed by atoms with Gasteiger partial charge in [0.05, 0.1) is 6.61 Å². The molecule has 0 aliphatic carbocycles. The highest BCUT2D eigenvalue weighted by molar-refractivity contribution is 5.33. The number of aliphatic hydroxyl groups excluding tert-OH is 1. The molecular formula is C14H12F2O2. The van der Waals surface area contributed by atoms with E-state index in [1.165, 1.54) is 12.1 Å². The van der Waals surface area contributed by atoms with Crippen molar-refractivity contribution in [1.82, 2.24) is 0 Å². The Balaban J connectivity index is 2.11. The van der Waals surface area contributed by atoms with Gasteiger partial charge in [-0.2, -0.15) is 0 Å². The summed E-state index contributed by atoms with van der Waals surface area (Å²) < 4.78 is 31.5. The molecule has 94 valence electrons. The first-order valence-electron chi connectivity index (χ1n) is 5.46. The predicted octanol–water partition coefficient (Wildman–Crippen LogP) is 3.04. The SMILES string of the molecule is OCc1ccccc1OCc1ccc(F)cc1F. The number of hydrogen-bond donors (Lipinski definition) is 1. The highest BCUT2D eigenvalue weighted by Crippen LogP contribution is 2.20. The fraction of sp³-hybridized carbons (Fsp3) is 0.143. The Bertz CT molecular complexity index is 541. The number of hydrogen-bond acceptors (Lipinski definition) is 2. The topological polar surface area (TPSA) is 29.5 Å². The minimum absolute atomic E-state index is 0.0108. The molecule has 0 aliphatic rings. The van der Waals surface area contributed by atoms with Crippen molar-refractivity contribution in [1.29, 1.82) is 0 Å². The summed E-state index contributed by atoms with van der Waals surface area (Å²) in [6.07, 6.45) is 0. The van der Waals surface area contributed by atoms with E-state index < -0.39 is 11.6 Å². The second-order valence-corrected chi connectivity index (χ2v) is 3.79. The molecule has 0 bridgehead atoms. The maximum Gasteiger partial charge on any atom is 0.132 e. The Morgan fingerprint density at radius 3 is 2.50 bits per heavy atom. The fourth-order valence-corrected chi connectivity index (χ4v) is 1.57. The number of halogens is 2. The van der Waals surface area contributed by atoms with Crippen LogP contribution in [-0.2, 0) is 13.2 Å². The first kappa shape index (κ1) is 12.5. The van der Waals surface area contributed by atoms with E-state index in [-0.39, 0.29) is 18.8 Å². The van der Waals surface area contributed by atoms with Crippen LogP contribution in [0.3, 0.4) is 0 Å². The number of benzene rings is 2. The molecule has 18 heavy (non-hydrogen) atoms. The lowest BCUT2D eigenvalue weighted by Crippen LogP contribution is -2.01. The highest BCUT2D eigenvalue weighted by atomic mass is 19.1. The molecule has 0 radical (unpaired) electrons. The maximum atomic E-state index is 13.4. The number of aliphatic hydroxyl groups is 1. The molecule has 0 aliphatic heterocycles. The van der Waals surface area contributed by atoms with E-state index in [0.717, 1.165) is 6.07 Å². The van der Waals surface area contributed by atoms with E-state index in [1.807, 2.05) is 0 Å². The molecule has 0 spiro atoms. The van der Waals surface area contributed by atoms with Crippen molar-refractivity contribution in [3.8, 4) is 5.75 Å². The van der Waals surface area contributed by atoms with Crippen LogP contribution < -0.4 is 4.74 Å². The smallest absolute Gasteiger partial charge is 0.132 e. The summed E-state index contributed by atoms with van der Waals surface area (Å²) in [5.74, 6) is -0.771. The van der Waals surface area contributed by atoms with E-state index in [1.54, 1.807) is 24.3 Å². The van der Waals surface area contributed by atoms with Gasteiger partial charge in [0, 0.05) is 17.2 Å². The van der Waals surface area contributed by atoms with Gasteiger partial charge in [-0.1, -0.05) is 18.2 Å². The Morgan fingerprint density at radius 2 is 1.78 bits per heavy atom. The van der Waals surface area contributed by atoms with Crippen LogP contribution in [0.15, 0.2) is 42.5 Å². The molecule has 0 heterocycles. The van der Waals surface area contributed by atoms with Gasteiger partial charge in [0.2, 0.25) is 0 Å². The van der Waals surface area contributed by atoms with Gasteiger partial charge >= 0.3 is 0 Å². The van der Waals surface area contributed by atoms with Crippen molar-refractivity contribution in [3.05, 3.63) is 65.2 Å². The molecule has 2 aromatic carbocycles. The third kappa shape index (κ3) is 2.84. The van der Waals surface area contributed by atoms with Crippen molar-refractivity contribution in [3.63, 3.8) is 0 Å². The summed E-state index contributed by atoms with van der Waals surface area (Å²) in [4.78, 5) is 0. The van der Waals surface area contributed by atoms with Crippen LogP contribution >= 0.6 is 0 Å². The quantitative estimate of drug-likeness (QED) is 0.903. The predicted molar refractivity (Wildman–Crippen MR) is 63.1 cm³/mol. The standard InChI is InChI=1S/C14H12F2O2/c15-12-6-5-11(13(16)7-12)9-18-14-4-2-1-3-10(14)8-17/h1-7,17H,8-9H2. The van der Waals surface area contributed by atoms with Gasteiger partial charge < -0.3 is 9.84 Å². The van der Waals surface area contributed by atoms with Gasteiger partial charge in [0.15, 0.2) is 0 Å². The third-order valence-corrected chi connectivity index (χ3v) is 2.54. The molecule has 2 nitrogen and oxygen atoms in total. The number of ether oxygens (including phenoxy) is 1. The molecular weight excluding hydrogens is 238 g/mol. The van der Waals surface area contributed by atoms with Crippen molar-refractivity contribution in [2.24, 2.45) is 0 Å². The first-order valence-corrected chi connectivity index (χ1v) is 5.46. The average Bonchev–Trinajstić information content (AvgIpc) is 2.38. The monoisotopic (exact) mass is 250 g/mol. The Hall–Kier alpha value is -1.94. The molecule has 0 atom stereocenters. The summed E-state index contributed by atoms with van der Waals surface area (Å²) in [5, 5.41) is 9.10. The maximum absolute atomic E-state index is 13.4. The second-order valence-electron chi connectivity index (χ2n) is 3.79. The van der Waals surface area contributed by atoms with Crippen molar-refractivity contribution in [2.75, 3.05) is 0 Å². The zero-order valence-corrected chi connectivity index (χ0v) is 9.57. The normalized spacial score (nSPS) is 10.4. The molecule has 0 amide bonds. The van der Waals surface area contributed by atoms with Gasteiger partial charge in [-0.05, 0) is 18.2 Å². The summed E-state index contributed by atoms with van der Waals surface area (Å²) in [5.41, 5.74) is 0.893. The van der Waals surface area contributed by atoms with Crippen LogP contribution in [0.4, 0.5) is 8.78 Å². The van der Waals surface area contributed by atoms with E-state index in [0.29, 0.717) is 11.3 Å². The molecule has 0 fully saturated rings. The number of para-hydroxylation sites is 1. The van der Waals surface area contributed by atoms with Crippen LogP contribution in [0, 0.1) is 11.6 Å². The Labute approximate surface area is 103 Å². The lowest BCUT2D eigenvalue weighted by molar-refractivity contribution is 0.257. The summed E-state index contributed by atoms with van der Waals surface area (Å²) in [6, 6.07) is 10.3. The molecule has 4 heteroatoms. The van der Waals surface area contributed by atoms with Crippen molar-refractivity contribution in [2.45, 2.75) is 13.2 Å². The van der Waals surface area contributed by atoms with Crippen LogP contribution in [0.25, 0.3) is 0 Å². The lowest BCUT2D eigenvalue weighted by Gasteiger charge is -2.10. The molecule has 0 unspecified atom stereocenters. The summed E-state index contributed by atoms with van der Waals surface area (Å²) in [7, 11) is 0. The summed E-state index contributed by atoms with van der Waals surface area (Å²) >= 11 is 0. The van der Waals surface area contributed by atoms with Crippen LogP contribution in [0.5, 0.6) is 5.75 Å². The van der Waals surface area contributed by atoms with Gasteiger partial charge in [0.25, 0.3) is 0 Å². The fourth-order valence-electron chi connectivity index (χ4n) is 1.57. The van der Waals surface area contributed by atoms with Gasteiger partial charge in [-0.3, -0.25) is 0 Å².